The van der Waals surface area contributed by atoms with E-state index in [2.05, 4.69) is 5.32 Å². The minimum Gasteiger partial charge on any atom is -0.478 e. The maximum Gasteiger partial charge on any atom is 0.337 e. The number of aromatic carboxylic acids is 2. The molecule has 0 aliphatic rings. The number of hydrogen-bond donors (Lipinski definition) is 3. The van der Waals surface area contributed by atoms with Crippen molar-refractivity contribution in [2.75, 3.05) is 5.32 Å². The minimum atomic E-state index is -1.40. The van der Waals surface area contributed by atoms with E-state index in [1.807, 2.05) is 0 Å². The predicted octanol–water partition coefficient (Wildman–Crippen LogP) is 3.10. The van der Waals surface area contributed by atoms with Crippen LogP contribution >= 0.6 is 0 Å². The van der Waals surface area contributed by atoms with Crippen molar-refractivity contribution < 1.29 is 28.6 Å². The summed E-state index contributed by atoms with van der Waals surface area (Å²) < 4.78 is 26.7. The molecule has 5 nitrogen and oxygen atoms in total. The second-order valence-electron chi connectivity index (χ2n) is 4.12. The molecule has 0 aromatic heterocycles. The molecular weight excluding hydrogens is 284 g/mol. The number of carboxylic acid groups (broad SMARTS) is 2. The molecule has 0 saturated carbocycles. The maximum absolute atomic E-state index is 13.7. The van der Waals surface area contributed by atoms with E-state index in [1.54, 1.807) is 0 Å². The summed E-state index contributed by atoms with van der Waals surface area (Å²) in [4.78, 5) is 21.9. The van der Waals surface area contributed by atoms with Crippen molar-refractivity contribution >= 4 is 23.3 Å². The largest absolute Gasteiger partial charge is 0.478 e. The molecule has 0 unspecified atom stereocenters. The highest BCUT2D eigenvalue weighted by atomic mass is 19.1. The van der Waals surface area contributed by atoms with Gasteiger partial charge in [0.05, 0.1) is 22.5 Å². The smallest absolute Gasteiger partial charge is 0.337 e. The fourth-order valence-electron chi connectivity index (χ4n) is 1.70. The molecule has 7 heteroatoms. The van der Waals surface area contributed by atoms with E-state index in [1.165, 1.54) is 0 Å². The van der Waals surface area contributed by atoms with E-state index in [0.29, 0.717) is 0 Å². The second kappa shape index (κ2) is 5.58. The van der Waals surface area contributed by atoms with Gasteiger partial charge >= 0.3 is 11.9 Å². The SMILES string of the molecule is O=C(O)c1ccc(F)c(Nc2ccc(F)cc2C(=O)O)c1. The van der Waals surface area contributed by atoms with E-state index >= 15 is 0 Å². The molecule has 0 amide bonds. The molecular formula is C14H9F2NO4. The molecule has 2 rings (SSSR count). The zero-order chi connectivity index (χ0) is 15.6. The first-order valence-electron chi connectivity index (χ1n) is 5.71. The van der Waals surface area contributed by atoms with Crippen LogP contribution in [0.15, 0.2) is 36.4 Å². The molecule has 0 aliphatic carbocycles. The topological polar surface area (TPSA) is 86.6 Å². The summed E-state index contributed by atoms with van der Waals surface area (Å²) in [6, 6.07) is 5.96. The summed E-state index contributed by atoms with van der Waals surface area (Å²) in [5.41, 5.74) is -0.831. The number of anilines is 2. The quantitative estimate of drug-likeness (QED) is 0.806. The molecule has 0 saturated heterocycles. The fourth-order valence-corrected chi connectivity index (χ4v) is 1.70. The molecule has 0 spiro atoms. The molecule has 0 heterocycles. The second-order valence-corrected chi connectivity index (χ2v) is 4.12. The van der Waals surface area contributed by atoms with Crippen LogP contribution in [0.2, 0.25) is 0 Å². The van der Waals surface area contributed by atoms with Gasteiger partial charge in [0.15, 0.2) is 0 Å². The van der Waals surface area contributed by atoms with E-state index < -0.39 is 29.1 Å². The molecule has 0 atom stereocenters. The van der Waals surface area contributed by atoms with Crippen LogP contribution in [0.1, 0.15) is 20.7 Å². The van der Waals surface area contributed by atoms with Gasteiger partial charge in [-0.1, -0.05) is 0 Å². The molecule has 0 bridgehead atoms. The molecule has 0 aliphatic heterocycles. The lowest BCUT2D eigenvalue weighted by molar-refractivity contribution is 0.0686. The van der Waals surface area contributed by atoms with Crippen LogP contribution in [0.25, 0.3) is 0 Å². The van der Waals surface area contributed by atoms with Crippen molar-refractivity contribution in [2.45, 2.75) is 0 Å². The van der Waals surface area contributed by atoms with Crippen LogP contribution in [0.4, 0.5) is 20.2 Å². The third kappa shape index (κ3) is 3.14. The Kier molecular flexibility index (Phi) is 3.84. The first-order chi connectivity index (χ1) is 9.88. The van der Waals surface area contributed by atoms with Crippen molar-refractivity contribution in [3.8, 4) is 0 Å². The summed E-state index contributed by atoms with van der Waals surface area (Å²) in [5, 5.41) is 20.3. The van der Waals surface area contributed by atoms with Crippen LogP contribution in [0.3, 0.4) is 0 Å². The fraction of sp³-hybridized carbons (Fsp3) is 0. The van der Waals surface area contributed by atoms with E-state index in [9.17, 15) is 18.4 Å². The van der Waals surface area contributed by atoms with Gasteiger partial charge < -0.3 is 15.5 Å². The number of hydrogen-bond acceptors (Lipinski definition) is 3. The number of benzene rings is 2. The highest BCUT2D eigenvalue weighted by Crippen LogP contribution is 2.25. The van der Waals surface area contributed by atoms with Gasteiger partial charge in [-0.2, -0.15) is 0 Å². The van der Waals surface area contributed by atoms with Gasteiger partial charge in [-0.3, -0.25) is 0 Å². The van der Waals surface area contributed by atoms with Crippen molar-refractivity contribution in [3.05, 3.63) is 59.2 Å². The van der Waals surface area contributed by atoms with Gasteiger partial charge in [0, 0.05) is 0 Å². The Hall–Kier alpha value is -2.96. The highest BCUT2D eigenvalue weighted by molar-refractivity contribution is 5.95. The summed E-state index contributed by atoms with van der Waals surface area (Å²) in [6.45, 7) is 0. The van der Waals surface area contributed by atoms with Crippen molar-refractivity contribution in [1.82, 2.24) is 0 Å². The van der Waals surface area contributed by atoms with Gasteiger partial charge in [-0.15, -0.1) is 0 Å². The van der Waals surface area contributed by atoms with Crippen LogP contribution in [-0.4, -0.2) is 22.2 Å². The van der Waals surface area contributed by atoms with Crippen molar-refractivity contribution in [1.29, 1.82) is 0 Å². The average Bonchev–Trinajstić information content (AvgIpc) is 2.42. The maximum atomic E-state index is 13.7. The van der Waals surface area contributed by atoms with E-state index in [0.717, 1.165) is 36.4 Å². The van der Waals surface area contributed by atoms with Gasteiger partial charge in [0.2, 0.25) is 0 Å². The number of rotatable bonds is 4. The monoisotopic (exact) mass is 293 g/mol. The highest BCUT2D eigenvalue weighted by Gasteiger charge is 2.14. The van der Waals surface area contributed by atoms with Gasteiger partial charge in [0.1, 0.15) is 11.6 Å². The summed E-state index contributed by atoms with van der Waals surface area (Å²) in [7, 11) is 0. The normalized spacial score (nSPS) is 10.2. The van der Waals surface area contributed by atoms with Crippen LogP contribution in [0.5, 0.6) is 0 Å². The lowest BCUT2D eigenvalue weighted by Crippen LogP contribution is -2.05. The standard InChI is InChI=1S/C14H9F2NO4/c15-8-2-4-11(9(6-8)14(20)21)17-12-5-7(13(18)19)1-3-10(12)16/h1-6,17H,(H,18,19)(H,20,21). The van der Waals surface area contributed by atoms with Gasteiger partial charge in [0.25, 0.3) is 0 Å². The summed E-state index contributed by atoms with van der Waals surface area (Å²) in [6.07, 6.45) is 0. The predicted molar refractivity (Wildman–Crippen MR) is 70.0 cm³/mol. The Morgan fingerprint density at radius 3 is 2.24 bits per heavy atom. The number of carbonyl (C=O) groups is 2. The molecule has 2 aromatic carbocycles. The summed E-state index contributed by atoms with van der Waals surface area (Å²) >= 11 is 0. The summed E-state index contributed by atoms with van der Waals surface area (Å²) in [5.74, 6) is -4.17. The number of carboxylic acids is 2. The lowest BCUT2D eigenvalue weighted by Gasteiger charge is -2.11. The van der Waals surface area contributed by atoms with Crippen molar-refractivity contribution in [3.63, 3.8) is 0 Å². The van der Waals surface area contributed by atoms with Crippen LogP contribution in [-0.2, 0) is 0 Å². The van der Waals surface area contributed by atoms with Crippen LogP contribution in [0, 0.1) is 11.6 Å². The minimum absolute atomic E-state index is 0.0506. The Labute approximate surface area is 117 Å². The molecule has 108 valence electrons. The van der Waals surface area contributed by atoms with Crippen molar-refractivity contribution in [2.24, 2.45) is 0 Å². The molecule has 0 fully saturated rings. The third-order valence-electron chi connectivity index (χ3n) is 2.69. The first-order valence-corrected chi connectivity index (χ1v) is 5.71. The third-order valence-corrected chi connectivity index (χ3v) is 2.69. The Morgan fingerprint density at radius 2 is 1.62 bits per heavy atom. The zero-order valence-electron chi connectivity index (χ0n) is 10.4. The molecule has 2 aromatic rings. The Morgan fingerprint density at radius 1 is 0.905 bits per heavy atom. The van der Waals surface area contributed by atoms with E-state index in [-0.39, 0.29) is 16.9 Å². The average molecular weight is 293 g/mol. The Bertz CT molecular complexity index is 731. The van der Waals surface area contributed by atoms with Gasteiger partial charge in [-0.05, 0) is 36.4 Å². The molecule has 21 heavy (non-hydrogen) atoms. The molecule has 3 N–H and O–H groups in total. The van der Waals surface area contributed by atoms with Gasteiger partial charge in [-0.25, -0.2) is 18.4 Å². The zero-order valence-corrected chi connectivity index (χ0v) is 10.4. The first kappa shape index (κ1) is 14.4. The number of nitrogens with one attached hydrogen (secondary N) is 1. The van der Waals surface area contributed by atoms with E-state index in [4.69, 9.17) is 10.2 Å². The molecule has 0 radical (unpaired) electrons. The Balaban J connectivity index is 2.45. The van der Waals surface area contributed by atoms with Crippen LogP contribution < -0.4 is 5.32 Å². The lowest BCUT2D eigenvalue weighted by atomic mass is 10.1. The number of halogens is 2.